The Morgan fingerprint density at radius 1 is 1.14 bits per heavy atom. The number of ether oxygens (including phenoxy) is 1. The van der Waals surface area contributed by atoms with Gasteiger partial charge in [0.2, 0.25) is 0 Å². The molecule has 6 nitrogen and oxygen atoms in total. The summed E-state index contributed by atoms with van der Waals surface area (Å²) >= 11 is 7.59. The first-order chi connectivity index (χ1) is 17.1. The molecule has 1 heterocycles. The average Bonchev–Trinajstić information content (AvgIpc) is 3.37. The molecule has 1 aromatic heterocycles. The van der Waals surface area contributed by atoms with Crippen molar-refractivity contribution < 1.29 is 26.7 Å². The first-order valence-electron chi connectivity index (χ1n) is 10.4. The number of benzene rings is 2. The van der Waals surface area contributed by atoms with Gasteiger partial charge in [0.1, 0.15) is 16.5 Å². The molecule has 0 saturated heterocycles. The second-order valence-electron chi connectivity index (χ2n) is 7.87. The molecule has 0 spiro atoms. The van der Waals surface area contributed by atoms with Gasteiger partial charge in [-0.2, -0.15) is 0 Å². The number of carbonyl (C=O) groups is 1. The molecule has 0 radical (unpaired) electrons. The maximum atomic E-state index is 14.7. The highest BCUT2D eigenvalue weighted by molar-refractivity contribution is 7.92. The van der Waals surface area contributed by atoms with E-state index in [1.165, 1.54) is 47.9 Å². The summed E-state index contributed by atoms with van der Waals surface area (Å²) in [6, 6.07) is 14.1. The molecule has 0 saturated carbocycles. The van der Waals surface area contributed by atoms with Crippen molar-refractivity contribution in [3.8, 4) is 27.3 Å². The summed E-state index contributed by atoms with van der Waals surface area (Å²) in [4.78, 5) is 16.4. The van der Waals surface area contributed by atoms with Gasteiger partial charge < -0.3 is 4.74 Å². The van der Waals surface area contributed by atoms with Crippen LogP contribution in [0.15, 0.2) is 59.1 Å². The molecule has 3 aromatic carbocycles. The third-order valence-corrected chi connectivity index (χ3v) is 7.43. The van der Waals surface area contributed by atoms with Crippen molar-refractivity contribution in [1.82, 2.24) is 4.98 Å². The number of rotatable bonds is 7. The van der Waals surface area contributed by atoms with E-state index >= 15 is 0 Å². The number of thiazole rings is 1. The number of halogens is 3. The molecule has 11 heteroatoms. The standard InChI is InChI=1S/C25H17ClF2N2O4S2/c1-14(2)25(31)34-24-18(26)8-16(22-12-29-13-35-22)9-23(24)36(32,33)30-21-10-17(19(27)11-20(21)28)15-6-4-3-5-7-15/h4,6-14,30H,1-2H3. The molecule has 184 valence electrons. The molecular formula is C25H17ClF2N2O4S2. The maximum Gasteiger partial charge on any atom is 0.313 e. The monoisotopic (exact) mass is 546 g/mol. The topological polar surface area (TPSA) is 85.4 Å². The van der Waals surface area contributed by atoms with Crippen LogP contribution >= 0.6 is 22.9 Å². The lowest BCUT2D eigenvalue weighted by atomic mass is 10.1. The SMILES string of the molecule is CC(C)C(=O)Oc1c(Cl)cc(-c2cncs2)cc1S(=O)(=O)Nc1cc(-c2cc#ccc2)c(F)cc1F. The fourth-order valence-electron chi connectivity index (χ4n) is 3.15. The van der Waals surface area contributed by atoms with Crippen LogP contribution in [0, 0.1) is 29.7 Å². The van der Waals surface area contributed by atoms with Gasteiger partial charge in [-0.05, 0) is 47.5 Å². The van der Waals surface area contributed by atoms with Crippen molar-refractivity contribution in [1.29, 1.82) is 0 Å². The first kappa shape index (κ1) is 25.6. The Kier molecular flexibility index (Phi) is 7.26. The molecular weight excluding hydrogens is 530 g/mol. The molecule has 1 N–H and O–H groups in total. The van der Waals surface area contributed by atoms with Crippen LogP contribution in [0.3, 0.4) is 0 Å². The van der Waals surface area contributed by atoms with Gasteiger partial charge in [0.15, 0.2) is 5.75 Å². The van der Waals surface area contributed by atoms with Gasteiger partial charge >= 0.3 is 5.97 Å². The van der Waals surface area contributed by atoms with Crippen molar-refractivity contribution in [3.05, 3.63) is 83.0 Å². The first-order valence-corrected chi connectivity index (χ1v) is 13.1. The smallest absolute Gasteiger partial charge is 0.313 e. The number of nitrogens with one attached hydrogen (secondary N) is 1. The minimum atomic E-state index is -4.59. The van der Waals surface area contributed by atoms with Crippen molar-refractivity contribution in [3.63, 3.8) is 0 Å². The predicted molar refractivity (Wildman–Crippen MR) is 133 cm³/mol. The Labute approximate surface area is 215 Å². The van der Waals surface area contributed by atoms with E-state index in [0.29, 0.717) is 22.1 Å². The Bertz CT molecular complexity index is 1530. The van der Waals surface area contributed by atoms with E-state index in [1.807, 2.05) is 0 Å². The highest BCUT2D eigenvalue weighted by atomic mass is 35.5. The fourth-order valence-corrected chi connectivity index (χ4v) is 5.31. The molecule has 36 heavy (non-hydrogen) atoms. The normalized spacial score (nSPS) is 11.3. The van der Waals surface area contributed by atoms with Gasteiger partial charge in [-0.25, -0.2) is 17.2 Å². The molecule has 0 aliphatic rings. The number of nitrogens with zero attached hydrogens (tertiary/aromatic N) is 1. The van der Waals surface area contributed by atoms with Gasteiger partial charge in [-0.3, -0.25) is 14.5 Å². The highest BCUT2D eigenvalue weighted by Crippen LogP contribution is 2.39. The van der Waals surface area contributed by atoms with Gasteiger partial charge in [-0.15, -0.1) is 11.3 Å². The molecule has 0 amide bonds. The number of aromatic nitrogens is 1. The van der Waals surface area contributed by atoms with Crippen LogP contribution in [-0.2, 0) is 14.8 Å². The van der Waals surface area contributed by atoms with E-state index < -0.39 is 49.9 Å². The lowest BCUT2D eigenvalue weighted by Crippen LogP contribution is -2.20. The summed E-state index contributed by atoms with van der Waals surface area (Å²) in [5.74, 6) is -3.74. The fraction of sp³-hybridized carbons (Fsp3) is 0.120. The molecule has 4 rings (SSSR count). The van der Waals surface area contributed by atoms with Crippen LogP contribution in [0.1, 0.15) is 13.8 Å². The second-order valence-corrected chi connectivity index (χ2v) is 10.8. The largest absolute Gasteiger partial charge is 0.423 e. The summed E-state index contributed by atoms with van der Waals surface area (Å²) < 4.78 is 63.6. The summed E-state index contributed by atoms with van der Waals surface area (Å²) in [5.41, 5.74) is 1.72. The third kappa shape index (κ3) is 5.33. The Morgan fingerprint density at radius 2 is 1.92 bits per heavy atom. The predicted octanol–water partition coefficient (Wildman–Crippen LogP) is 6.37. The summed E-state index contributed by atoms with van der Waals surface area (Å²) in [5, 5.41) is -0.147. The van der Waals surface area contributed by atoms with Crippen LogP contribution in [0.5, 0.6) is 5.75 Å². The van der Waals surface area contributed by atoms with Crippen molar-refractivity contribution in [2.45, 2.75) is 18.7 Å². The van der Waals surface area contributed by atoms with Crippen molar-refractivity contribution in [2.75, 3.05) is 4.72 Å². The third-order valence-electron chi connectivity index (χ3n) is 4.96. The number of hydrogen-bond donors (Lipinski definition) is 1. The number of esters is 1. The Hall–Kier alpha value is -3.52. The van der Waals surface area contributed by atoms with E-state index in [9.17, 15) is 22.0 Å². The summed E-state index contributed by atoms with van der Waals surface area (Å²) in [6.07, 6.45) is 1.51. The van der Waals surface area contributed by atoms with Crippen LogP contribution in [0.4, 0.5) is 14.5 Å². The molecule has 0 bridgehead atoms. The molecule has 0 unspecified atom stereocenters. The van der Waals surface area contributed by atoms with Gasteiger partial charge in [-0.1, -0.05) is 37.6 Å². The van der Waals surface area contributed by atoms with E-state index in [-0.39, 0.29) is 10.6 Å². The van der Waals surface area contributed by atoms with E-state index in [0.717, 1.165) is 6.07 Å². The molecule has 0 aliphatic heterocycles. The van der Waals surface area contributed by atoms with Gasteiger partial charge in [0.25, 0.3) is 10.0 Å². The van der Waals surface area contributed by atoms with E-state index in [4.69, 9.17) is 16.3 Å². The number of carbonyl (C=O) groups excluding carboxylic acids is 1. The second kappa shape index (κ2) is 10.2. The lowest BCUT2D eigenvalue weighted by Gasteiger charge is -2.17. The molecule has 4 aromatic rings. The number of hydrogen-bond acceptors (Lipinski definition) is 6. The maximum absolute atomic E-state index is 14.7. The van der Waals surface area contributed by atoms with Crippen molar-refractivity contribution in [2.24, 2.45) is 5.92 Å². The van der Waals surface area contributed by atoms with Gasteiger partial charge in [0.05, 0.1) is 27.0 Å². The molecule has 0 aliphatic carbocycles. The van der Waals surface area contributed by atoms with Crippen LogP contribution in [0.25, 0.3) is 21.6 Å². The number of sulfonamides is 1. The zero-order valence-corrected chi connectivity index (χ0v) is 21.2. The average molecular weight is 547 g/mol. The summed E-state index contributed by atoms with van der Waals surface area (Å²) in [7, 11) is -4.59. The van der Waals surface area contributed by atoms with Gasteiger partial charge in [0, 0.05) is 17.8 Å². The molecule has 0 fully saturated rings. The zero-order valence-electron chi connectivity index (χ0n) is 18.8. The van der Waals surface area contributed by atoms with E-state index in [2.05, 4.69) is 21.8 Å². The lowest BCUT2D eigenvalue weighted by molar-refractivity contribution is -0.137. The summed E-state index contributed by atoms with van der Waals surface area (Å²) in [6.45, 7) is 3.14. The minimum Gasteiger partial charge on any atom is -0.423 e. The molecule has 0 atom stereocenters. The van der Waals surface area contributed by atoms with Crippen molar-refractivity contribution >= 4 is 44.6 Å². The van der Waals surface area contributed by atoms with Crippen LogP contribution in [-0.4, -0.2) is 19.4 Å². The Morgan fingerprint density at radius 3 is 2.56 bits per heavy atom. The Balaban J connectivity index is 1.83. The number of anilines is 1. The minimum absolute atomic E-state index is 0.0535. The van der Waals surface area contributed by atoms with Crippen LogP contribution in [0.2, 0.25) is 5.02 Å². The zero-order chi connectivity index (χ0) is 26.0. The highest BCUT2D eigenvalue weighted by Gasteiger charge is 2.28. The van der Waals surface area contributed by atoms with Crippen LogP contribution < -0.4 is 9.46 Å². The van der Waals surface area contributed by atoms with E-state index in [1.54, 1.807) is 19.4 Å². The quantitative estimate of drug-likeness (QED) is 0.215.